The predicted molar refractivity (Wildman–Crippen MR) is 93.8 cm³/mol. The molecule has 1 heterocycles. The Balaban J connectivity index is 1.51. The van der Waals surface area contributed by atoms with E-state index >= 15 is 0 Å². The van der Waals surface area contributed by atoms with Crippen LogP contribution in [0.1, 0.15) is 51.0 Å². The molecule has 3 heteroatoms. The van der Waals surface area contributed by atoms with E-state index in [9.17, 15) is 4.39 Å². The van der Waals surface area contributed by atoms with Crippen LogP contribution < -0.4 is 5.32 Å². The first-order valence-corrected chi connectivity index (χ1v) is 9.40. The Hall–Kier alpha value is -0.930. The molecule has 128 valence electrons. The average Bonchev–Trinajstić information content (AvgIpc) is 2.56. The summed E-state index contributed by atoms with van der Waals surface area (Å²) in [6.45, 7) is 6.35. The number of benzene rings is 1. The molecule has 1 aliphatic heterocycles. The molecule has 2 aliphatic rings. The van der Waals surface area contributed by atoms with Crippen LogP contribution in [0, 0.1) is 17.7 Å². The van der Waals surface area contributed by atoms with Gasteiger partial charge in [-0.1, -0.05) is 44.4 Å². The number of likely N-dealkylation sites (tertiary alicyclic amines) is 1. The summed E-state index contributed by atoms with van der Waals surface area (Å²) in [5.74, 6) is 1.48. The third-order valence-electron chi connectivity index (χ3n) is 5.51. The molecule has 2 unspecified atom stereocenters. The van der Waals surface area contributed by atoms with Crippen molar-refractivity contribution in [2.75, 3.05) is 19.6 Å². The smallest absolute Gasteiger partial charge is 0.127 e. The largest absolute Gasteiger partial charge is 0.312 e. The maximum atomic E-state index is 13.9. The zero-order valence-corrected chi connectivity index (χ0v) is 14.4. The lowest BCUT2D eigenvalue weighted by Crippen LogP contribution is -2.49. The SMILES string of the molecule is CC1CC(NCC2CCCCC2)CN(Cc2ccccc2F)C1. The van der Waals surface area contributed by atoms with Gasteiger partial charge in [-0.05, 0) is 43.7 Å². The second kappa shape index (κ2) is 8.25. The maximum absolute atomic E-state index is 13.9. The summed E-state index contributed by atoms with van der Waals surface area (Å²) in [6, 6.07) is 7.75. The summed E-state index contributed by atoms with van der Waals surface area (Å²) >= 11 is 0. The first-order valence-electron chi connectivity index (χ1n) is 9.40. The second-order valence-electron chi connectivity index (χ2n) is 7.74. The lowest BCUT2D eigenvalue weighted by molar-refractivity contribution is 0.137. The highest BCUT2D eigenvalue weighted by atomic mass is 19.1. The molecule has 1 aromatic rings. The molecule has 0 spiro atoms. The van der Waals surface area contributed by atoms with Crippen molar-refractivity contribution in [2.24, 2.45) is 11.8 Å². The molecule has 1 aromatic carbocycles. The highest BCUT2D eigenvalue weighted by Crippen LogP contribution is 2.24. The summed E-state index contributed by atoms with van der Waals surface area (Å²) in [4.78, 5) is 2.42. The summed E-state index contributed by atoms with van der Waals surface area (Å²) in [5.41, 5.74) is 0.827. The van der Waals surface area contributed by atoms with Gasteiger partial charge in [0.15, 0.2) is 0 Å². The van der Waals surface area contributed by atoms with Crippen molar-refractivity contribution in [3.63, 3.8) is 0 Å². The van der Waals surface area contributed by atoms with Crippen molar-refractivity contribution in [3.05, 3.63) is 35.6 Å². The van der Waals surface area contributed by atoms with E-state index < -0.39 is 0 Å². The van der Waals surface area contributed by atoms with Gasteiger partial charge in [0, 0.05) is 31.2 Å². The molecule has 1 N–H and O–H groups in total. The number of halogens is 1. The Kier molecular flexibility index (Phi) is 6.07. The number of hydrogen-bond acceptors (Lipinski definition) is 2. The Morgan fingerprint density at radius 1 is 1.13 bits per heavy atom. The van der Waals surface area contributed by atoms with Gasteiger partial charge in [0.05, 0.1) is 0 Å². The molecule has 2 atom stereocenters. The predicted octanol–water partition coefficient (Wildman–Crippen LogP) is 4.21. The van der Waals surface area contributed by atoms with Crippen LogP contribution in [0.2, 0.25) is 0 Å². The molecule has 3 rings (SSSR count). The molecule has 0 aromatic heterocycles. The van der Waals surface area contributed by atoms with Crippen molar-refractivity contribution < 1.29 is 4.39 Å². The zero-order chi connectivity index (χ0) is 16.1. The van der Waals surface area contributed by atoms with Crippen LogP contribution in [0.3, 0.4) is 0 Å². The highest BCUT2D eigenvalue weighted by molar-refractivity contribution is 5.17. The normalized spacial score (nSPS) is 27.2. The Morgan fingerprint density at radius 3 is 2.70 bits per heavy atom. The molecule has 0 radical (unpaired) electrons. The van der Waals surface area contributed by atoms with Crippen molar-refractivity contribution in [3.8, 4) is 0 Å². The number of hydrogen-bond donors (Lipinski definition) is 1. The standard InChI is InChI=1S/C20H31FN2/c1-16-11-19(22-12-17-7-3-2-4-8-17)15-23(13-16)14-18-9-5-6-10-20(18)21/h5-6,9-10,16-17,19,22H,2-4,7-8,11-15H2,1H3. The third kappa shape index (κ3) is 5.02. The molecule has 23 heavy (non-hydrogen) atoms. The quantitative estimate of drug-likeness (QED) is 0.875. The third-order valence-corrected chi connectivity index (χ3v) is 5.51. The summed E-state index contributed by atoms with van der Waals surface area (Å²) < 4.78 is 13.9. The van der Waals surface area contributed by atoms with Crippen LogP contribution >= 0.6 is 0 Å². The Labute approximate surface area is 140 Å². The van der Waals surface area contributed by atoms with Gasteiger partial charge in [-0.15, -0.1) is 0 Å². The second-order valence-corrected chi connectivity index (χ2v) is 7.74. The molecule has 1 saturated carbocycles. The average molecular weight is 318 g/mol. The van der Waals surface area contributed by atoms with Gasteiger partial charge in [0.25, 0.3) is 0 Å². The molecule has 2 fully saturated rings. The Morgan fingerprint density at radius 2 is 1.91 bits per heavy atom. The van der Waals surface area contributed by atoms with Gasteiger partial charge in [-0.25, -0.2) is 4.39 Å². The summed E-state index contributed by atoms with van der Waals surface area (Å²) in [5, 5.41) is 3.82. The van der Waals surface area contributed by atoms with E-state index in [-0.39, 0.29) is 5.82 Å². The van der Waals surface area contributed by atoms with Crippen LogP contribution in [0.15, 0.2) is 24.3 Å². The molecule has 0 bridgehead atoms. The van der Waals surface area contributed by atoms with Crippen molar-refractivity contribution in [1.82, 2.24) is 10.2 Å². The molecular formula is C20H31FN2. The van der Waals surface area contributed by atoms with E-state index in [1.54, 1.807) is 12.1 Å². The molecule has 1 aliphatic carbocycles. The minimum Gasteiger partial charge on any atom is -0.312 e. The van der Waals surface area contributed by atoms with E-state index in [1.165, 1.54) is 45.1 Å². The van der Waals surface area contributed by atoms with E-state index in [2.05, 4.69) is 17.1 Å². The molecule has 2 nitrogen and oxygen atoms in total. The summed E-state index contributed by atoms with van der Waals surface area (Å²) in [6.07, 6.45) is 8.29. The fourth-order valence-corrected chi connectivity index (χ4v) is 4.33. The Bertz CT molecular complexity index is 484. The fraction of sp³-hybridized carbons (Fsp3) is 0.700. The van der Waals surface area contributed by atoms with E-state index in [4.69, 9.17) is 0 Å². The number of nitrogens with zero attached hydrogens (tertiary/aromatic N) is 1. The molecule has 0 amide bonds. The number of rotatable bonds is 5. The van der Waals surface area contributed by atoms with Crippen LogP contribution in [0.4, 0.5) is 4.39 Å². The van der Waals surface area contributed by atoms with Gasteiger partial charge in [0.1, 0.15) is 5.82 Å². The van der Waals surface area contributed by atoms with Gasteiger partial charge in [-0.2, -0.15) is 0 Å². The first kappa shape index (κ1) is 16.9. The lowest BCUT2D eigenvalue weighted by atomic mass is 9.88. The monoisotopic (exact) mass is 318 g/mol. The number of nitrogens with one attached hydrogen (secondary N) is 1. The van der Waals surface area contributed by atoms with Gasteiger partial charge < -0.3 is 5.32 Å². The highest BCUT2D eigenvalue weighted by Gasteiger charge is 2.25. The topological polar surface area (TPSA) is 15.3 Å². The van der Waals surface area contributed by atoms with Crippen molar-refractivity contribution >= 4 is 0 Å². The molecular weight excluding hydrogens is 287 g/mol. The zero-order valence-electron chi connectivity index (χ0n) is 14.4. The fourth-order valence-electron chi connectivity index (χ4n) is 4.33. The van der Waals surface area contributed by atoms with Crippen LogP contribution in [0.5, 0.6) is 0 Å². The van der Waals surface area contributed by atoms with E-state index in [1.807, 2.05) is 12.1 Å². The maximum Gasteiger partial charge on any atom is 0.127 e. The molecule has 1 saturated heterocycles. The van der Waals surface area contributed by atoms with E-state index in [0.717, 1.165) is 31.1 Å². The lowest BCUT2D eigenvalue weighted by Gasteiger charge is -2.38. The van der Waals surface area contributed by atoms with Gasteiger partial charge in [0.2, 0.25) is 0 Å². The van der Waals surface area contributed by atoms with Crippen LogP contribution in [-0.2, 0) is 6.54 Å². The van der Waals surface area contributed by atoms with Gasteiger partial charge in [-0.3, -0.25) is 4.90 Å². The minimum atomic E-state index is -0.0718. The van der Waals surface area contributed by atoms with E-state index in [0.29, 0.717) is 12.0 Å². The first-order chi connectivity index (χ1) is 11.2. The van der Waals surface area contributed by atoms with Crippen molar-refractivity contribution in [1.29, 1.82) is 0 Å². The minimum absolute atomic E-state index is 0.0718. The van der Waals surface area contributed by atoms with Gasteiger partial charge >= 0.3 is 0 Å². The van der Waals surface area contributed by atoms with Crippen molar-refractivity contribution in [2.45, 2.75) is 58.0 Å². The van der Waals surface area contributed by atoms with Crippen LogP contribution in [0.25, 0.3) is 0 Å². The number of piperidine rings is 1. The van der Waals surface area contributed by atoms with Crippen LogP contribution in [-0.4, -0.2) is 30.6 Å². The summed E-state index contributed by atoms with van der Waals surface area (Å²) in [7, 11) is 0.